The maximum atomic E-state index is 11.1. The lowest BCUT2D eigenvalue weighted by Gasteiger charge is -2.05. The molecule has 0 aliphatic heterocycles. The van der Waals surface area contributed by atoms with Crippen molar-refractivity contribution in [2.24, 2.45) is 0 Å². The van der Waals surface area contributed by atoms with Crippen LogP contribution in [0.4, 0.5) is 0 Å². The average molecular weight is 200 g/mol. The summed E-state index contributed by atoms with van der Waals surface area (Å²) in [6.07, 6.45) is 2.02. The van der Waals surface area contributed by atoms with Crippen LogP contribution in [0.3, 0.4) is 0 Å². The molecule has 0 radical (unpaired) electrons. The van der Waals surface area contributed by atoms with Gasteiger partial charge in [0, 0.05) is 13.0 Å². The highest BCUT2D eigenvalue weighted by atomic mass is 16.5. The minimum Gasteiger partial charge on any atom is -0.462 e. The Morgan fingerprint density at radius 3 is 2.79 bits per heavy atom. The van der Waals surface area contributed by atoms with Crippen LogP contribution < -0.4 is 0 Å². The molecule has 0 saturated carbocycles. The number of carbonyl (C=O) groups excluding carboxylic acids is 1. The van der Waals surface area contributed by atoms with E-state index in [4.69, 9.17) is 14.6 Å². The number of esters is 1. The molecular formula is C10H16O4. The van der Waals surface area contributed by atoms with Gasteiger partial charge in [0.25, 0.3) is 0 Å². The third-order valence-electron chi connectivity index (χ3n) is 1.34. The van der Waals surface area contributed by atoms with Gasteiger partial charge >= 0.3 is 5.97 Å². The van der Waals surface area contributed by atoms with E-state index in [9.17, 15) is 4.79 Å². The smallest absolute Gasteiger partial charge is 0.335 e. The molecule has 0 aliphatic carbocycles. The summed E-state index contributed by atoms with van der Waals surface area (Å²) in [4.78, 5) is 11.1. The predicted molar refractivity (Wildman–Crippen MR) is 52.8 cm³/mol. The van der Waals surface area contributed by atoms with Crippen molar-refractivity contribution in [2.45, 2.75) is 6.42 Å². The summed E-state index contributed by atoms with van der Waals surface area (Å²) in [6.45, 7) is 7.70. The van der Waals surface area contributed by atoms with Crippen molar-refractivity contribution in [3.05, 3.63) is 24.8 Å². The molecule has 0 atom stereocenters. The largest absolute Gasteiger partial charge is 0.462 e. The molecule has 0 unspecified atom stereocenters. The van der Waals surface area contributed by atoms with Gasteiger partial charge in [-0.15, -0.1) is 6.58 Å². The first-order chi connectivity index (χ1) is 6.72. The Morgan fingerprint density at radius 2 is 2.21 bits per heavy atom. The van der Waals surface area contributed by atoms with E-state index in [-0.39, 0.29) is 25.4 Å². The summed E-state index contributed by atoms with van der Waals surface area (Å²) in [5, 5.41) is 8.44. The molecule has 4 nitrogen and oxygen atoms in total. The second-order valence-corrected chi connectivity index (χ2v) is 2.62. The van der Waals surface area contributed by atoms with Crippen molar-refractivity contribution in [3.63, 3.8) is 0 Å². The molecule has 0 rings (SSSR count). The quantitative estimate of drug-likeness (QED) is 0.271. The standard InChI is InChI=1S/C10H16O4/c1-3-6-13-8-9(2)10(12)14-7-4-5-11/h3,11H,1-2,4-8H2. The van der Waals surface area contributed by atoms with Crippen LogP contribution in [0.2, 0.25) is 0 Å². The Balaban J connectivity index is 3.55. The van der Waals surface area contributed by atoms with Gasteiger partial charge in [-0.1, -0.05) is 12.7 Å². The van der Waals surface area contributed by atoms with Crippen LogP contribution in [-0.2, 0) is 14.3 Å². The molecule has 0 aromatic rings. The van der Waals surface area contributed by atoms with Gasteiger partial charge in [0.15, 0.2) is 0 Å². The predicted octanol–water partition coefficient (Wildman–Crippen LogP) is 0.671. The molecule has 0 spiro atoms. The van der Waals surface area contributed by atoms with Gasteiger partial charge in [0.2, 0.25) is 0 Å². The van der Waals surface area contributed by atoms with Crippen molar-refractivity contribution in [2.75, 3.05) is 26.4 Å². The molecular weight excluding hydrogens is 184 g/mol. The van der Waals surface area contributed by atoms with E-state index >= 15 is 0 Å². The lowest BCUT2D eigenvalue weighted by molar-refractivity contribution is -0.139. The molecule has 1 N–H and O–H groups in total. The third kappa shape index (κ3) is 6.39. The van der Waals surface area contributed by atoms with E-state index in [1.807, 2.05) is 0 Å². The summed E-state index contributed by atoms with van der Waals surface area (Å²) in [6, 6.07) is 0. The zero-order valence-corrected chi connectivity index (χ0v) is 8.20. The first-order valence-corrected chi connectivity index (χ1v) is 4.36. The Morgan fingerprint density at radius 1 is 1.50 bits per heavy atom. The van der Waals surface area contributed by atoms with E-state index in [0.717, 1.165) is 0 Å². The molecule has 0 amide bonds. The summed E-state index contributed by atoms with van der Waals surface area (Å²) >= 11 is 0. The van der Waals surface area contributed by atoms with E-state index in [1.54, 1.807) is 6.08 Å². The van der Waals surface area contributed by atoms with E-state index in [1.165, 1.54) is 0 Å². The maximum Gasteiger partial charge on any atom is 0.335 e. The summed E-state index contributed by atoms with van der Waals surface area (Å²) in [7, 11) is 0. The van der Waals surface area contributed by atoms with Crippen molar-refractivity contribution < 1.29 is 19.4 Å². The second-order valence-electron chi connectivity index (χ2n) is 2.62. The molecule has 0 bridgehead atoms. The lowest BCUT2D eigenvalue weighted by Crippen LogP contribution is -2.13. The number of aliphatic hydroxyl groups is 1. The summed E-state index contributed by atoms with van der Waals surface area (Å²) < 4.78 is 9.77. The van der Waals surface area contributed by atoms with Crippen LogP contribution >= 0.6 is 0 Å². The number of rotatable bonds is 8. The Bertz CT molecular complexity index is 198. The fraction of sp³-hybridized carbons (Fsp3) is 0.500. The first kappa shape index (κ1) is 12.9. The average Bonchev–Trinajstić information content (AvgIpc) is 2.18. The van der Waals surface area contributed by atoms with Crippen LogP contribution in [0.25, 0.3) is 0 Å². The van der Waals surface area contributed by atoms with Crippen LogP contribution in [0.1, 0.15) is 6.42 Å². The molecule has 0 heterocycles. The highest BCUT2D eigenvalue weighted by Gasteiger charge is 2.07. The molecule has 14 heavy (non-hydrogen) atoms. The Kier molecular flexibility index (Phi) is 7.78. The highest BCUT2D eigenvalue weighted by molar-refractivity contribution is 5.87. The zero-order chi connectivity index (χ0) is 10.8. The van der Waals surface area contributed by atoms with Crippen molar-refractivity contribution >= 4 is 5.97 Å². The number of hydrogen-bond acceptors (Lipinski definition) is 4. The Labute approximate surface area is 83.8 Å². The molecule has 0 aliphatic rings. The topological polar surface area (TPSA) is 55.8 Å². The number of hydrogen-bond donors (Lipinski definition) is 1. The van der Waals surface area contributed by atoms with Gasteiger partial charge < -0.3 is 14.6 Å². The van der Waals surface area contributed by atoms with E-state index < -0.39 is 5.97 Å². The monoisotopic (exact) mass is 200 g/mol. The third-order valence-corrected chi connectivity index (χ3v) is 1.34. The van der Waals surface area contributed by atoms with Gasteiger partial charge in [-0.25, -0.2) is 4.79 Å². The molecule has 80 valence electrons. The Hall–Kier alpha value is -1.13. The molecule has 4 heteroatoms. The SMILES string of the molecule is C=CCOCC(=C)C(=O)OCCCO. The molecule has 0 saturated heterocycles. The van der Waals surface area contributed by atoms with Gasteiger partial charge in [0.05, 0.1) is 25.4 Å². The van der Waals surface area contributed by atoms with Crippen LogP contribution in [0.5, 0.6) is 0 Å². The van der Waals surface area contributed by atoms with E-state index in [2.05, 4.69) is 13.2 Å². The van der Waals surface area contributed by atoms with Gasteiger partial charge in [-0.2, -0.15) is 0 Å². The number of ether oxygens (including phenoxy) is 2. The lowest BCUT2D eigenvalue weighted by atomic mass is 10.3. The fourth-order valence-corrected chi connectivity index (χ4v) is 0.656. The fourth-order valence-electron chi connectivity index (χ4n) is 0.656. The van der Waals surface area contributed by atoms with Crippen LogP contribution in [-0.4, -0.2) is 37.5 Å². The number of carbonyl (C=O) groups is 1. The minimum atomic E-state index is -0.484. The van der Waals surface area contributed by atoms with Gasteiger partial charge in [-0.3, -0.25) is 0 Å². The normalized spacial score (nSPS) is 9.50. The first-order valence-electron chi connectivity index (χ1n) is 4.36. The molecule has 0 fully saturated rings. The van der Waals surface area contributed by atoms with Gasteiger partial charge in [-0.05, 0) is 0 Å². The van der Waals surface area contributed by atoms with Crippen molar-refractivity contribution in [3.8, 4) is 0 Å². The summed E-state index contributed by atoms with van der Waals surface area (Å²) in [5.74, 6) is -0.484. The van der Waals surface area contributed by atoms with Gasteiger partial charge in [0.1, 0.15) is 0 Å². The second kappa shape index (κ2) is 8.47. The van der Waals surface area contributed by atoms with Crippen molar-refractivity contribution in [1.29, 1.82) is 0 Å². The highest BCUT2D eigenvalue weighted by Crippen LogP contribution is 1.96. The maximum absolute atomic E-state index is 11.1. The minimum absolute atomic E-state index is 0.00667. The molecule has 0 aromatic heterocycles. The zero-order valence-electron chi connectivity index (χ0n) is 8.20. The van der Waals surface area contributed by atoms with Crippen LogP contribution in [0.15, 0.2) is 24.8 Å². The van der Waals surface area contributed by atoms with E-state index in [0.29, 0.717) is 13.0 Å². The van der Waals surface area contributed by atoms with Crippen LogP contribution in [0, 0.1) is 0 Å². The summed E-state index contributed by atoms with van der Waals surface area (Å²) in [5.41, 5.74) is 0.268. The molecule has 0 aromatic carbocycles. The number of aliphatic hydroxyl groups excluding tert-OH is 1. The van der Waals surface area contributed by atoms with Crippen molar-refractivity contribution in [1.82, 2.24) is 0 Å².